The van der Waals surface area contributed by atoms with Gasteiger partial charge in [0.1, 0.15) is 11.5 Å². The van der Waals surface area contributed by atoms with Crippen molar-refractivity contribution in [1.82, 2.24) is 15.4 Å². The van der Waals surface area contributed by atoms with Gasteiger partial charge >= 0.3 is 0 Å². The standard InChI is InChI=1S/C18H19N5O2S2/c1-24-13-4-5-14-15(8-13)22-18(21-14)27-10-12-7-11(3-6-16(12)25-2)9-20-23-17(19)26/h3-9H,10H2,1-2H3,(H,21,22)(H3,19,23,26). The molecule has 0 fully saturated rings. The lowest BCUT2D eigenvalue weighted by atomic mass is 10.1. The Kier molecular flexibility index (Phi) is 6.15. The summed E-state index contributed by atoms with van der Waals surface area (Å²) in [6.07, 6.45) is 1.65. The Bertz CT molecular complexity index is 987. The molecule has 0 atom stereocenters. The first-order valence-electron chi connectivity index (χ1n) is 8.01. The topological polar surface area (TPSA) is 97.6 Å². The van der Waals surface area contributed by atoms with Crippen LogP contribution in [0.1, 0.15) is 11.1 Å². The first-order valence-corrected chi connectivity index (χ1v) is 9.40. The number of nitrogens with one attached hydrogen (secondary N) is 2. The summed E-state index contributed by atoms with van der Waals surface area (Å²) in [5, 5.41) is 4.93. The van der Waals surface area contributed by atoms with Gasteiger partial charge < -0.3 is 20.2 Å². The van der Waals surface area contributed by atoms with Gasteiger partial charge in [0.25, 0.3) is 0 Å². The fourth-order valence-electron chi connectivity index (χ4n) is 2.47. The van der Waals surface area contributed by atoms with Gasteiger partial charge in [-0.3, -0.25) is 5.43 Å². The Morgan fingerprint density at radius 3 is 2.89 bits per heavy atom. The molecule has 0 aliphatic heterocycles. The van der Waals surface area contributed by atoms with Crippen LogP contribution < -0.4 is 20.6 Å². The number of imidazole rings is 1. The van der Waals surface area contributed by atoms with Crippen LogP contribution in [0.25, 0.3) is 11.0 Å². The number of hydrazone groups is 1. The molecule has 4 N–H and O–H groups in total. The van der Waals surface area contributed by atoms with Gasteiger partial charge in [-0.05, 0) is 48.1 Å². The number of aromatic nitrogens is 2. The maximum atomic E-state index is 5.46. The zero-order chi connectivity index (χ0) is 19.2. The highest BCUT2D eigenvalue weighted by Crippen LogP contribution is 2.29. The van der Waals surface area contributed by atoms with Gasteiger partial charge in [0.05, 0.1) is 31.5 Å². The number of rotatable bonds is 7. The third kappa shape index (κ3) is 4.89. The van der Waals surface area contributed by atoms with Crippen LogP contribution in [0.2, 0.25) is 0 Å². The second-order valence-corrected chi connectivity index (χ2v) is 6.92. The monoisotopic (exact) mass is 401 g/mol. The van der Waals surface area contributed by atoms with E-state index in [2.05, 4.69) is 20.5 Å². The van der Waals surface area contributed by atoms with Crippen molar-refractivity contribution in [3.8, 4) is 11.5 Å². The molecule has 1 heterocycles. The van der Waals surface area contributed by atoms with Crippen molar-refractivity contribution in [3.63, 3.8) is 0 Å². The summed E-state index contributed by atoms with van der Waals surface area (Å²) >= 11 is 6.32. The molecule has 7 nitrogen and oxygen atoms in total. The van der Waals surface area contributed by atoms with Crippen molar-refractivity contribution in [1.29, 1.82) is 0 Å². The van der Waals surface area contributed by atoms with Crippen LogP contribution in [-0.4, -0.2) is 35.5 Å². The predicted molar refractivity (Wildman–Crippen MR) is 113 cm³/mol. The number of methoxy groups -OCH3 is 2. The minimum Gasteiger partial charge on any atom is -0.497 e. The number of nitrogens with zero attached hydrogens (tertiary/aromatic N) is 2. The van der Waals surface area contributed by atoms with Gasteiger partial charge in [0.2, 0.25) is 0 Å². The number of thioether (sulfide) groups is 1. The smallest absolute Gasteiger partial charge is 0.184 e. The van der Waals surface area contributed by atoms with E-state index in [4.69, 9.17) is 27.4 Å². The van der Waals surface area contributed by atoms with Crippen LogP contribution >= 0.6 is 24.0 Å². The Labute approximate surface area is 166 Å². The summed E-state index contributed by atoms with van der Waals surface area (Å²) in [5.74, 6) is 2.28. The number of hydrogen-bond donors (Lipinski definition) is 3. The maximum absolute atomic E-state index is 5.46. The third-order valence-electron chi connectivity index (χ3n) is 3.72. The van der Waals surface area contributed by atoms with Crippen LogP contribution in [0, 0.1) is 0 Å². The van der Waals surface area contributed by atoms with Gasteiger partial charge in [0, 0.05) is 17.4 Å². The van der Waals surface area contributed by atoms with Crippen molar-refractivity contribution >= 4 is 46.3 Å². The summed E-state index contributed by atoms with van der Waals surface area (Å²) in [6.45, 7) is 0. The van der Waals surface area contributed by atoms with Crippen molar-refractivity contribution in [3.05, 3.63) is 47.5 Å². The molecule has 3 rings (SSSR count). The van der Waals surface area contributed by atoms with Crippen molar-refractivity contribution in [2.24, 2.45) is 10.8 Å². The summed E-state index contributed by atoms with van der Waals surface area (Å²) in [4.78, 5) is 7.90. The van der Waals surface area contributed by atoms with Crippen LogP contribution in [0.15, 0.2) is 46.7 Å². The molecular weight excluding hydrogens is 382 g/mol. The molecule has 0 aliphatic carbocycles. The lowest BCUT2D eigenvalue weighted by Gasteiger charge is -2.08. The molecule has 0 aliphatic rings. The number of hydrogen-bond acceptors (Lipinski definition) is 6. The van der Waals surface area contributed by atoms with E-state index in [9.17, 15) is 0 Å². The lowest BCUT2D eigenvalue weighted by molar-refractivity contribution is 0.411. The fourth-order valence-corrected chi connectivity index (χ4v) is 3.38. The molecule has 0 bridgehead atoms. The van der Waals surface area contributed by atoms with E-state index in [0.717, 1.165) is 38.8 Å². The summed E-state index contributed by atoms with van der Waals surface area (Å²) in [6, 6.07) is 11.6. The predicted octanol–water partition coefficient (Wildman–Crippen LogP) is 3.04. The number of ether oxygens (including phenoxy) is 2. The number of aromatic amines is 1. The second kappa shape index (κ2) is 8.74. The van der Waals surface area contributed by atoms with E-state index in [1.54, 1.807) is 32.2 Å². The van der Waals surface area contributed by atoms with Gasteiger partial charge in [-0.25, -0.2) is 4.98 Å². The van der Waals surface area contributed by atoms with Crippen LogP contribution in [0.5, 0.6) is 11.5 Å². The molecule has 3 aromatic rings. The van der Waals surface area contributed by atoms with Crippen molar-refractivity contribution < 1.29 is 9.47 Å². The van der Waals surface area contributed by atoms with Crippen LogP contribution in [-0.2, 0) is 5.75 Å². The molecule has 0 saturated heterocycles. The fraction of sp³-hybridized carbons (Fsp3) is 0.167. The van der Waals surface area contributed by atoms with Gasteiger partial charge in [0.15, 0.2) is 10.3 Å². The molecule has 0 radical (unpaired) electrons. The second-order valence-electron chi connectivity index (χ2n) is 5.52. The molecule has 0 unspecified atom stereocenters. The normalized spacial score (nSPS) is 11.0. The Balaban J connectivity index is 1.76. The number of benzene rings is 2. The van der Waals surface area contributed by atoms with Crippen LogP contribution in [0.4, 0.5) is 0 Å². The SMILES string of the molecule is COc1ccc2nc(SCc3cc(C=NNC(N)=S)ccc3OC)[nH]c2c1. The highest BCUT2D eigenvalue weighted by atomic mass is 32.2. The number of nitrogens with two attached hydrogens (primary N) is 1. The first kappa shape index (κ1) is 19.0. The van der Waals surface area contributed by atoms with E-state index in [1.807, 2.05) is 36.4 Å². The average Bonchev–Trinajstić information content (AvgIpc) is 3.08. The number of H-pyrrole nitrogens is 1. The minimum atomic E-state index is 0.122. The van der Waals surface area contributed by atoms with Crippen molar-refractivity contribution in [2.75, 3.05) is 14.2 Å². The summed E-state index contributed by atoms with van der Waals surface area (Å²) in [5.41, 5.74) is 11.7. The molecule has 27 heavy (non-hydrogen) atoms. The summed E-state index contributed by atoms with van der Waals surface area (Å²) in [7, 11) is 3.30. The molecule has 0 amide bonds. The molecule has 2 aromatic carbocycles. The Morgan fingerprint density at radius 2 is 2.15 bits per heavy atom. The van der Waals surface area contributed by atoms with E-state index in [1.165, 1.54) is 0 Å². The largest absolute Gasteiger partial charge is 0.497 e. The molecule has 0 spiro atoms. The van der Waals surface area contributed by atoms with Crippen LogP contribution in [0.3, 0.4) is 0 Å². The third-order valence-corrected chi connectivity index (χ3v) is 4.74. The molecule has 0 saturated carbocycles. The van der Waals surface area contributed by atoms with E-state index in [0.29, 0.717) is 5.75 Å². The number of thiocarbonyl (C=S) groups is 1. The van der Waals surface area contributed by atoms with Gasteiger partial charge in [-0.1, -0.05) is 11.8 Å². The molecule has 9 heteroatoms. The van der Waals surface area contributed by atoms with E-state index >= 15 is 0 Å². The molecule has 1 aromatic heterocycles. The Morgan fingerprint density at radius 1 is 1.30 bits per heavy atom. The molecule has 140 valence electrons. The summed E-state index contributed by atoms with van der Waals surface area (Å²) < 4.78 is 10.7. The Hall–Kier alpha value is -2.78. The first-order chi connectivity index (χ1) is 13.1. The minimum absolute atomic E-state index is 0.122. The number of fused-ring (bicyclic) bond motifs is 1. The van der Waals surface area contributed by atoms with E-state index in [-0.39, 0.29) is 5.11 Å². The van der Waals surface area contributed by atoms with Crippen molar-refractivity contribution in [2.45, 2.75) is 10.9 Å². The zero-order valence-electron chi connectivity index (χ0n) is 14.9. The molecular formula is C18H19N5O2S2. The quantitative estimate of drug-likeness (QED) is 0.242. The average molecular weight is 402 g/mol. The highest BCUT2D eigenvalue weighted by molar-refractivity contribution is 7.98. The van der Waals surface area contributed by atoms with E-state index < -0.39 is 0 Å². The van der Waals surface area contributed by atoms with Gasteiger partial charge in [-0.15, -0.1) is 0 Å². The highest BCUT2D eigenvalue weighted by Gasteiger charge is 2.09. The maximum Gasteiger partial charge on any atom is 0.184 e. The van der Waals surface area contributed by atoms with Gasteiger partial charge in [-0.2, -0.15) is 5.10 Å². The zero-order valence-corrected chi connectivity index (χ0v) is 16.5. The lowest BCUT2D eigenvalue weighted by Crippen LogP contribution is -2.23.